The predicted molar refractivity (Wildman–Crippen MR) is 84.8 cm³/mol. The van der Waals surface area contributed by atoms with Crippen LogP contribution in [0.2, 0.25) is 0 Å². The topological polar surface area (TPSA) is 21.3 Å². The summed E-state index contributed by atoms with van der Waals surface area (Å²) in [6, 6.07) is 11.0. The van der Waals surface area contributed by atoms with Crippen LogP contribution in [0, 0.1) is 5.92 Å². The Kier molecular flexibility index (Phi) is 6.06. The van der Waals surface area contributed by atoms with Gasteiger partial charge in [-0.25, -0.2) is 0 Å². The fourth-order valence-electron chi connectivity index (χ4n) is 3.32. The minimum atomic E-state index is 0.215. The third-order valence-electron chi connectivity index (χ3n) is 4.35. The summed E-state index contributed by atoms with van der Waals surface area (Å²) in [5, 5.41) is 3.57. The van der Waals surface area contributed by atoms with Crippen LogP contribution < -0.4 is 5.32 Å². The summed E-state index contributed by atoms with van der Waals surface area (Å²) in [6.45, 7) is 7.68. The summed E-state index contributed by atoms with van der Waals surface area (Å²) in [7, 11) is 0. The summed E-state index contributed by atoms with van der Waals surface area (Å²) in [5.74, 6) is 0.815. The van der Waals surface area contributed by atoms with Gasteiger partial charge in [0.25, 0.3) is 0 Å². The number of hydrogen-bond donors (Lipinski definition) is 1. The Labute approximate surface area is 123 Å². The molecule has 1 aliphatic carbocycles. The Morgan fingerprint density at radius 3 is 2.65 bits per heavy atom. The van der Waals surface area contributed by atoms with E-state index in [0.717, 1.165) is 12.5 Å². The van der Waals surface area contributed by atoms with E-state index >= 15 is 0 Å². The van der Waals surface area contributed by atoms with Crippen molar-refractivity contribution < 1.29 is 4.74 Å². The van der Waals surface area contributed by atoms with E-state index in [1.807, 2.05) is 0 Å². The first kappa shape index (κ1) is 15.5. The van der Waals surface area contributed by atoms with Gasteiger partial charge in [0.05, 0.1) is 18.2 Å². The van der Waals surface area contributed by atoms with Crippen molar-refractivity contribution in [1.82, 2.24) is 5.32 Å². The maximum atomic E-state index is 6.37. The van der Waals surface area contributed by atoms with Crippen LogP contribution in [0.3, 0.4) is 0 Å². The molecule has 112 valence electrons. The molecule has 20 heavy (non-hydrogen) atoms. The molecule has 4 unspecified atom stereocenters. The van der Waals surface area contributed by atoms with Gasteiger partial charge in [-0.3, -0.25) is 0 Å². The Balaban J connectivity index is 1.98. The summed E-state index contributed by atoms with van der Waals surface area (Å²) < 4.78 is 6.37. The van der Waals surface area contributed by atoms with Crippen molar-refractivity contribution in [2.24, 2.45) is 5.92 Å². The van der Waals surface area contributed by atoms with E-state index < -0.39 is 0 Å². The van der Waals surface area contributed by atoms with E-state index in [1.165, 1.54) is 31.2 Å². The molecule has 1 N–H and O–H groups in total. The van der Waals surface area contributed by atoms with Crippen LogP contribution in [0.25, 0.3) is 0 Å². The number of rotatable bonds is 6. The van der Waals surface area contributed by atoms with E-state index in [1.54, 1.807) is 0 Å². The minimum Gasteiger partial charge on any atom is -0.373 e. The van der Waals surface area contributed by atoms with Crippen molar-refractivity contribution in [3.8, 4) is 0 Å². The van der Waals surface area contributed by atoms with Crippen molar-refractivity contribution in [2.45, 2.75) is 64.7 Å². The van der Waals surface area contributed by atoms with Crippen molar-refractivity contribution in [3.05, 3.63) is 35.9 Å². The van der Waals surface area contributed by atoms with Crippen LogP contribution in [0.4, 0.5) is 0 Å². The summed E-state index contributed by atoms with van der Waals surface area (Å²) in [4.78, 5) is 0. The maximum absolute atomic E-state index is 6.37. The number of hydrogen-bond acceptors (Lipinski definition) is 2. The molecule has 2 nitrogen and oxygen atoms in total. The maximum Gasteiger partial charge on any atom is 0.0745 e. The molecular formula is C18H29NO. The van der Waals surface area contributed by atoms with Crippen LogP contribution >= 0.6 is 0 Å². The monoisotopic (exact) mass is 275 g/mol. The van der Waals surface area contributed by atoms with E-state index in [9.17, 15) is 0 Å². The van der Waals surface area contributed by atoms with Gasteiger partial charge in [-0.05, 0) is 37.8 Å². The molecule has 1 fully saturated rings. The molecule has 0 amide bonds. The van der Waals surface area contributed by atoms with Gasteiger partial charge in [-0.1, -0.05) is 57.0 Å². The zero-order chi connectivity index (χ0) is 14.4. The molecule has 2 rings (SSSR count). The number of ether oxygens (including phenoxy) is 1. The highest BCUT2D eigenvalue weighted by Gasteiger charge is 2.25. The fraction of sp³-hybridized carbons (Fsp3) is 0.667. The normalized spacial score (nSPS) is 26.1. The average Bonchev–Trinajstić information content (AvgIpc) is 2.45. The zero-order valence-electron chi connectivity index (χ0n) is 13.1. The van der Waals surface area contributed by atoms with E-state index in [-0.39, 0.29) is 6.10 Å². The largest absolute Gasteiger partial charge is 0.373 e. The Morgan fingerprint density at radius 2 is 2.00 bits per heavy atom. The van der Waals surface area contributed by atoms with E-state index in [2.05, 4.69) is 56.4 Å². The molecule has 0 spiro atoms. The van der Waals surface area contributed by atoms with Crippen LogP contribution in [-0.4, -0.2) is 18.8 Å². The molecule has 0 bridgehead atoms. The van der Waals surface area contributed by atoms with Gasteiger partial charge in [0.2, 0.25) is 0 Å². The molecule has 1 aliphatic rings. The molecule has 4 atom stereocenters. The molecule has 0 radical (unpaired) electrons. The molecule has 0 aliphatic heterocycles. The fourth-order valence-corrected chi connectivity index (χ4v) is 3.32. The number of nitrogens with one attached hydrogen (secondary N) is 1. The van der Waals surface area contributed by atoms with Crippen molar-refractivity contribution in [2.75, 3.05) is 6.54 Å². The van der Waals surface area contributed by atoms with Crippen molar-refractivity contribution in [3.63, 3.8) is 0 Å². The summed E-state index contributed by atoms with van der Waals surface area (Å²) in [5.41, 5.74) is 1.32. The Bertz CT molecular complexity index is 378. The van der Waals surface area contributed by atoms with Crippen molar-refractivity contribution >= 4 is 0 Å². The lowest BCUT2D eigenvalue weighted by Crippen LogP contribution is -2.35. The number of likely N-dealkylation sites (N-methyl/N-ethyl adjacent to an activating group) is 1. The standard InChI is InChI=1S/C18H29NO/c1-4-19-18(16-10-6-5-7-11-16)15(3)20-17-12-8-9-14(2)13-17/h5-7,10-11,14-15,17-19H,4,8-9,12-13H2,1-3H3. The van der Waals surface area contributed by atoms with Gasteiger partial charge in [0.1, 0.15) is 0 Å². The molecular weight excluding hydrogens is 246 g/mol. The number of benzene rings is 1. The third kappa shape index (κ3) is 4.32. The first-order valence-corrected chi connectivity index (χ1v) is 8.14. The molecule has 1 aromatic rings. The summed E-state index contributed by atoms with van der Waals surface area (Å²) >= 11 is 0. The molecule has 1 aromatic carbocycles. The lowest BCUT2D eigenvalue weighted by atomic mass is 9.88. The van der Waals surface area contributed by atoms with Crippen LogP contribution in [0.5, 0.6) is 0 Å². The molecule has 0 heterocycles. The van der Waals surface area contributed by atoms with Gasteiger partial charge < -0.3 is 10.1 Å². The van der Waals surface area contributed by atoms with E-state index in [4.69, 9.17) is 4.74 Å². The quantitative estimate of drug-likeness (QED) is 0.834. The van der Waals surface area contributed by atoms with Gasteiger partial charge in [-0.2, -0.15) is 0 Å². The lowest BCUT2D eigenvalue weighted by Gasteiger charge is -2.33. The highest BCUT2D eigenvalue weighted by Crippen LogP contribution is 2.29. The molecule has 0 aromatic heterocycles. The predicted octanol–water partition coefficient (Wildman–Crippen LogP) is 4.32. The zero-order valence-corrected chi connectivity index (χ0v) is 13.1. The van der Waals surface area contributed by atoms with Crippen LogP contribution in [-0.2, 0) is 4.74 Å². The van der Waals surface area contributed by atoms with Crippen molar-refractivity contribution in [1.29, 1.82) is 0 Å². The smallest absolute Gasteiger partial charge is 0.0745 e. The first-order valence-electron chi connectivity index (χ1n) is 8.14. The Morgan fingerprint density at radius 1 is 1.25 bits per heavy atom. The second-order valence-electron chi connectivity index (χ2n) is 6.18. The summed E-state index contributed by atoms with van der Waals surface area (Å²) in [6.07, 6.45) is 5.78. The van der Waals surface area contributed by atoms with E-state index in [0.29, 0.717) is 12.1 Å². The van der Waals surface area contributed by atoms with Gasteiger partial charge in [0.15, 0.2) is 0 Å². The Hall–Kier alpha value is -0.860. The lowest BCUT2D eigenvalue weighted by molar-refractivity contribution is -0.0462. The second kappa shape index (κ2) is 7.80. The highest BCUT2D eigenvalue weighted by molar-refractivity contribution is 5.20. The van der Waals surface area contributed by atoms with Crippen LogP contribution in [0.15, 0.2) is 30.3 Å². The molecule has 1 saturated carbocycles. The van der Waals surface area contributed by atoms with Gasteiger partial charge in [-0.15, -0.1) is 0 Å². The highest BCUT2D eigenvalue weighted by atomic mass is 16.5. The van der Waals surface area contributed by atoms with Crippen LogP contribution in [0.1, 0.15) is 58.1 Å². The first-order chi connectivity index (χ1) is 9.70. The third-order valence-corrected chi connectivity index (χ3v) is 4.35. The average molecular weight is 275 g/mol. The minimum absolute atomic E-state index is 0.215. The molecule has 0 saturated heterocycles. The van der Waals surface area contributed by atoms with Gasteiger partial charge in [0, 0.05) is 0 Å². The SMILES string of the molecule is CCNC(c1ccccc1)C(C)OC1CCCC(C)C1. The molecule has 2 heteroatoms. The second-order valence-corrected chi connectivity index (χ2v) is 6.18. The van der Waals surface area contributed by atoms with Gasteiger partial charge >= 0.3 is 0 Å².